The van der Waals surface area contributed by atoms with E-state index in [-0.39, 0.29) is 36.9 Å². The first-order valence-corrected chi connectivity index (χ1v) is 16.0. The molecular weight excluding hydrogens is 554 g/mol. The van der Waals surface area contributed by atoms with Gasteiger partial charge in [-0.05, 0) is 43.4 Å². The van der Waals surface area contributed by atoms with Gasteiger partial charge in [0.1, 0.15) is 11.6 Å². The fraction of sp³-hybridized carbons (Fsp3) is 0.472. The zero-order chi connectivity index (χ0) is 30.8. The maximum absolute atomic E-state index is 14.9. The van der Waals surface area contributed by atoms with Crippen LogP contribution in [0.3, 0.4) is 0 Å². The standard InChI is InChI=1S/C36H43N3O5/c1-3-22-37(26-16-10-6-11-17-26)33(41)30-29-20-21-36(44-29)31(30)34(42)39(28(24-40)25-14-8-5-9-15-25)32(36)35(43)38(23-4-2)27-18-12-7-13-19-27/h3-6,8-11,14-17,27-32,40H,1-2,7,12-13,18-24H2/t28-,29-,30+,31+,32?,36?/m1/s1. The molecule has 232 valence electrons. The maximum atomic E-state index is 14.9. The summed E-state index contributed by atoms with van der Waals surface area (Å²) < 4.78 is 6.77. The number of para-hydroxylation sites is 1. The number of nitrogens with zero attached hydrogens (tertiary/aromatic N) is 3. The van der Waals surface area contributed by atoms with Crippen LogP contribution in [0.1, 0.15) is 56.6 Å². The smallest absolute Gasteiger partial charge is 0.248 e. The third-order valence-electron chi connectivity index (χ3n) is 10.2. The first-order valence-electron chi connectivity index (χ1n) is 16.0. The number of likely N-dealkylation sites (tertiary alicyclic amines) is 1. The van der Waals surface area contributed by atoms with E-state index in [1.807, 2.05) is 65.6 Å². The molecule has 44 heavy (non-hydrogen) atoms. The predicted molar refractivity (Wildman–Crippen MR) is 168 cm³/mol. The Hall–Kier alpha value is -3.75. The molecule has 4 aliphatic rings. The SMILES string of the molecule is C=CCN(C(=O)[C@@H]1[C@H]2C(=O)N([C@H](CO)c3ccccc3)C(C(=O)N(CC=C)C3CCCCC3)C23CC[C@H]1O3)c1ccccc1. The summed E-state index contributed by atoms with van der Waals surface area (Å²) in [7, 11) is 0. The Kier molecular flexibility index (Phi) is 8.74. The van der Waals surface area contributed by atoms with E-state index in [1.165, 1.54) is 0 Å². The highest BCUT2D eigenvalue weighted by molar-refractivity contribution is 6.03. The Morgan fingerprint density at radius 1 is 0.955 bits per heavy atom. The summed E-state index contributed by atoms with van der Waals surface area (Å²) in [6.07, 6.45) is 9.06. The quantitative estimate of drug-likeness (QED) is 0.381. The lowest BCUT2D eigenvalue weighted by Crippen LogP contribution is -2.59. The minimum Gasteiger partial charge on any atom is -0.394 e. The van der Waals surface area contributed by atoms with E-state index in [0.717, 1.165) is 43.4 Å². The van der Waals surface area contributed by atoms with Crippen molar-refractivity contribution in [1.82, 2.24) is 9.80 Å². The molecule has 0 aromatic heterocycles. The highest BCUT2D eigenvalue weighted by Crippen LogP contribution is 2.60. The van der Waals surface area contributed by atoms with Gasteiger partial charge in [0.2, 0.25) is 17.7 Å². The average molecular weight is 598 g/mol. The zero-order valence-electron chi connectivity index (χ0n) is 25.3. The zero-order valence-corrected chi connectivity index (χ0v) is 25.3. The van der Waals surface area contributed by atoms with Crippen LogP contribution in [0.2, 0.25) is 0 Å². The second-order valence-electron chi connectivity index (χ2n) is 12.6. The molecule has 8 nitrogen and oxygen atoms in total. The Labute approximate surface area is 260 Å². The molecule has 2 aromatic rings. The molecule has 6 rings (SSSR count). The van der Waals surface area contributed by atoms with E-state index in [1.54, 1.807) is 22.0 Å². The lowest BCUT2D eigenvalue weighted by atomic mass is 9.70. The number of hydrogen-bond acceptors (Lipinski definition) is 5. The van der Waals surface area contributed by atoms with Crippen LogP contribution in [0.4, 0.5) is 5.69 Å². The van der Waals surface area contributed by atoms with Gasteiger partial charge in [-0.15, -0.1) is 13.2 Å². The maximum Gasteiger partial charge on any atom is 0.248 e. The number of fused-ring (bicyclic) bond motifs is 1. The number of aliphatic hydroxyl groups is 1. The average Bonchev–Trinajstić information content (AvgIpc) is 3.71. The fourth-order valence-corrected chi connectivity index (χ4v) is 8.36. The largest absolute Gasteiger partial charge is 0.394 e. The summed E-state index contributed by atoms with van der Waals surface area (Å²) in [5, 5.41) is 10.8. The Morgan fingerprint density at radius 2 is 1.61 bits per heavy atom. The Balaban J connectivity index is 1.44. The van der Waals surface area contributed by atoms with E-state index in [0.29, 0.717) is 19.4 Å². The van der Waals surface area contributed by atoms with Crippen molar-refractivity contribution in [3.05, 3.63) is 91.5 Å². The molecular formula is C36H43N3O5. The third kappa shape index (κ3) is 4.98. The van der Waals surface area contributed by atoms with Gasteiger partial charge in [-0.25, -0.2) is 0 Å². The molecule has 8 heteroatoms. The van der Waals surface area contributed by atoms with Gasteiger partial charge in [0.15, 0.2) is 0 Å². The first-order chi connectivity index (χ1) is 21.5. The number of carbonyl (C=O) groups excluding carboxylic acids is 3. The van der Waals surface area contributed by atoms with Gasteiger partial charge in [-0.2, -0.15) is 0 Å². The molecule has 1 spiro atoms. The third-order valence-corrected chi connectivity index (χ3v) is 10.2. The molecule has 2 bridgehead atoms. The summed E-state index contributed by atoms with van der Waals surface area (Å²) in [6.45, 7) is 8.11. The van der Waals surface area contributed by atoms with Gasteiger partial charge >= 0.3 is 0 Å². The van der Waals surface area contributed by atoms with Crippen LogP contribution in [-0.4, -0.2) is 76.1 Å². The molecule has 0 radical (unpaired) electrons. The molecule has 4 fully saturated rings. The Morgan fingerprint density at radius 3 is 2.25 bits per heavy atom. The number of rotatable bonds is 11. The molecule has 3 aliphatic heterocycles. The predicted octanol–water partition coefficient (Wildman–Crippen LogP) is 4.66. The molecule has 2 unspecified atom stereocenters. The summed E-state index contributed by atoms with van der Waals surface area (Å²) in [5.41, 5.74) is 0.294. The molecule has 3 saturated heterocycles. The lowest BCUT2D eigenvalue weighted by molar-refractivity contribution is -0.153. The number of carbonyl (C=O) groups is 3. The van der Waals surface area contributed by atoms with Crippen LogP contribution in [0.15, 0.2) is 86.0 Å². The van der Waals surface area contributed by atoms with Crippen molar-refractivity contribution in [2.75, 3.05) is 24.6 Å². The number of ether oxygens (including phenoxy) is 1. The van der Waals surface area contributed by atoms with E-state index < -0.39 is 35.6 Å². The number of benzene rings is 2. The summed E-state index contributed by atoms with van der Waals surface area (Å²) in [6, 6.07) is 17.0. The van der Waals surface area contributed by atoms with Crippen molar-refractivity contribution in [2.24, 2.45) is 11.8 Å². The van der Waals surface area contributed by atoms with Crippen LogP contribution in [-0.2, 0) is 19.1 Å². The number of aliphatic hydroxyl groups excluding tert-OH is 1. The van der Waals surface area contributed by atoms with Crippen molar-refractivity contribution in [1.29, 1.82) is 0 Å². The van der Waals surface area contributed by atoms with E-state index >= 15 is 0 Å². The second-order valence-corrected chi connectivity index (χ2v) is 12.6. The van der Waals surface area contributed by atoms with Crippen molar-refractivity contribution >= 4 is 23.4 Å². The monoisotopic (exact) mass is 597 g/mol. The van der Waals surface area contributed by atoms with Crippen molar-refractivity contribution in [3.63, 3.8) is 0 Å². The van der Waals surface area contributed by atoms with E-state index in [9.17, 15) is 19.5 Å². The van der Waals surface area contributed by atoms with Crippen molar-refractivity contribution in [3.8, 4) is 0 Å². The summed E-state index contributed by atoms with van der Waals surface area (Å²) in [4.78, 5) is 49.3. The highest BCUT2D eigenvalue weighted by atomic mass is 16.5. The van der Waals surface area contributed by atoms with Gasteiger partial charge in [0.05, 0.1) is 30.6 Å². The van der Waals surface area contributed by atoms with Gasteiger partial charge in [-0.1, -0.05) is 79.9 Å². The first kappa shape index (κ1) is 30.3. The molecule has 3 heterocycles. The molecule has 2 aromatic carbocycles. The number of anilines is 1. The van der Waals surface area contributed by atoms with Crippen molar-refractivity contribution < 1.29 is 24.2 Å². The van der Waals surface area contributed by atoms with Gasteiger partial charge in [-0.3, -0.25) is 14.4 Å². The fourth-order valence-electron chi connectivity index (χ4n) is 8.36. The minimum atomic E-state index is -1.16. The highest BCUT2D eigenvalue weighted by Gasteiger charge is 2.75. The van der Waals surface area contributed by atoms with Crippen LogP contribution < -0.4 is 4.90 Å². The van der Waals surface area contributed by atoms with Crippen LogP contribution in [0, 0.1) is 11.8 Å². The minimum absolute atomic E-state index is 0.0446. The topological polar surface area (TPSA) is 90.4 Å². The van der Waals surface area contributed by atoms with Gasteiger partial charge in [0, 0.05) is 24.8 Å². The molecule has 1 saturated carbocycles. The van der Waals surface area contributed by atoms with E-state index in [4.69, 9.17) is 4.74 Å². The van der Waals surface area contributed by atoms with Crippen LogP contribution >= 0.6 is 0 Å². The van der Waals surface area contributed by atoms with Crippen molar-refractivity contribution in [2.45, 2.75) is 74.8 Å². The summed E-state index contributed by atoms with van der Waals surface area (Å²) >= 11 is 0. The molecule has 1 N–H and O–H groups in total. The van der Waals surface area contributed by atoms with E-state index in [2.05, 4.69) is 13.2 Å². The number of hydrogen-bond donors (Lipinski definition) is 1. The molecule has 6 atom stereocenters. The second kappa shape index (κ2) is 12.7. The Bertz CT molecular complexity index is 1380. The molecule has 3 amide bonds. The van der Waals surface area contributed by atoms with Crippen LogP contribution in [0.25, 0.3) is 0 Å². The summed E-state index contributed by atoms with van der Waals surface area (Å²) in [5.74, 6) is -2.28. The van der Waals surface area contributed by atoms with Gasteiger partial charge < -0.3 is 24.5 Å². The number of amides is 3. The van der Waals surface area contributed by atoms with Gasteiger partial charge in [0.25, 0.3) is 0 Å². The van der Waals surface area contributed by atoms with Crippen LogP contribution in [0.5, 0.6) is 0 Å². The lowest BCUT2D eigenvalue weighted by Gasteiger charge is -2.42. The molecule has 1 aliphatic carbocycles. The normalized spacial score (nSPS) is 28.4.